The second-order valence-corrected chi connectivity index (χ2v) is 9.82. The number of aliphatic hydroxyl groups excluding tert-OH is 1. The summed E-state index contributed by atoms with van der Waals surface area (Å²) in [6, 6.07) is 0.124. The highest BCUT2D eigenvalue weighted by molar-refractivity contribution is 5.83. The number of benzene rings is 1. The molecule has 0 bridgehead atoms. The Morgan fingerprint density at radius 1 is 1.21 bits per heavy atom. The fraction of sp³-hybridized carbons (Fsp3) is 0.522. The van der Waals surface area contributed by atoms with Crippen molar-refractivity contribution in [1.29, 1.82) is 0 Å². The van der Waals surface area contributed by atoms with E-state index >= 15 is 0 Å². The van der Waals surface area contributed by atoms with Gasteiger partial charge >= 0.3 is 6.03 Å². The number of nitrogens with zero attached hydrogens (tertiary/aromatic N) is 3. The number of carbonyl (C=O) groups excluding carboxylic acids is 2. The first-order valence-corrected chi connectivity index (χ1v) is 11.0. The number of amides is 2. The van der Waals surface area contributed by atoms with E-state index in [1.165, 1.54) is 0 Å². The van der Waals surface area contributed by atoms with Gasteiger partial charge in [-0.05, 0) is 17.9 Å². The van der Waals surface area contributed by atoms with Crippen LogP contribution >= 0.6 is 0 Å². The molecule has 184 valence electrons. The summed E-state index contributed by atoms with van der Waals surface area (Å²) in [7, 11) is 0. The smallest absolute Gasteiger partial charge is 0.339 e. The molecule has 1 aromatic heterocycles. The highest BCUT2D eigenvalue weighted by Gasteiger charge is 2.47. The number of hydrogen-bond donors (Lipinski definition) is 2. The summed E-state index contributed by atoms with van der Waals surface area (Å²) in [4.78, 5) is 27.3. The van der Waals surface area contributed by atoms with Crippen molar-refractivity contribution in [3.8, 4) is 11.3 Å². The zero-order valence-electron chi connectivity index (χ0n) is 19.1. The molecule has 2 aliphatic rings. The zero-order chi connectivity index (χ0) is 24.9. The number of likely N-dealkylation sites (tertiary alicyclic amines) is 1. The second kappa shape index (κ2) is 8.70. The quantitative estimate of drug-likeness (QED) is 0.657. The van der Waals surface area contributed by atoms with E-state index < -0.39 is 47.0 Å². The van der Waals surface area contributed by atoms with Gasteiger partial charge in [-0.25, -0.2) is 18.0 Å². The van der Waals surface area contributed by atoms with Crippen molar-refractivity contribution >= 4 is 11.9 Å². The minimum Gasteiger partial charge on any atom is -0.391 e. The zero-order valence-corrected chi connectivity index (χ0v) is 19.1. The Hall–Kier alpha value is -2.92. The van der Waals surface area contributed by atoms with Crippen LogP contribution in [0.5, 0.6) is 0 Å². The number of halogens is 3. The van der Waals surface area contributed by atoms with Gasteiger partial charge in [0, 0.05) is 36.7 Å². The highest BCUT2D eigenvalue weighted by atomic mass is 19.2. The molecule has 1 fully saturated rings. The third-order valence-corrected chi connectivity index (χ3v) is 6.39. The Balaban J connectivity index is 1.91. The standard InChI is InChI=1S/C23H27F3N4O4/c1-23(2,3)18(21(32)29-6-4-11(31)10-29)20-17-16(5-7-34-20)30(22(27)33)28-19(17)12-8-14(25)15(26)9-13(12)24/h8-9,11,18,20,31H,4-7,10H2,1-3H3,(H2,27,33)/t11-,18-,20?/m0/s1. The lowest BCUT2D eigenvalue weighted by atomic mass is 9.73. The molecule has 3 heterocycles. The van der Waals surface area contributed by atoms with Gasteiger partial charge in [0.25, 0.3) is 0 Å². The lowest BCUT2D eigenvalue weighted by Gasteiger charge is -2.40. The van der Waals surface area contributed by atoms with E-state index in [1.807, 2.05) is 20.8 Å². The molecule has 0 saturated carbocycles. The Bertz CT molecular complexity index is 1140. The predicted octanol–water partition coefficient (Wildman–Crippen LogP) is 2.76. The summed E-state index contributed by atoms with van der Waals surface area (Å²) in [6.45, 7) is 6.22. The van der Waals surface area contributed by atoms with Crippen LogP contribution < -0.4 is 5.73 Å². The molecule has 0 radical (unpaired) electrons. The fourth-order valence-corrected chi connectivity index (χ4v) is 4.81. The summed E-state index contributed by atoms with van der Waals surface area (Å²) in [5.41, 5.74) is 4.88. The van der Waals surface area contributed by atoms with E-state index in [2.05, 4.69) is 5.10 Å². The molecule has 3 atom stereocenters. The number of primary amides is 1. The molecule has 3 N–H and O–H groups in total. The number of rotatable bonds is 3. The fourth-order valence-electron chi connectivity index (χ4n) is 4.81. The van der Waals surface area contributed by atoms with Gasteiger partial charge in [-0.3, -0.25) is 4.79 Å². The van der Waals surface area contributed by atoms with Crippen LogP contribution in [0.25, 0.3) is 11.3 Å². The van der Waals surface area contributed by atoms with E-state index in [0.717, 1.165) is 4.68 Å². The molecular formula is C23H27F3N4O4. The van der Waals surface area contributed by atoms with E-state index in [-0.39, 0.29) is 42.3 Å². The van der Waals surface area contributed by atoms with Crippen LogP contribution in [0.3, 0.4) is 0 Å². The van der Waals surface area contributed by atoms with Gasteiger partial charge in [-0.2, -0.15) is 9.78 Å². The molecule has 0 aliphatic carbocycles. The third kappa shape index (κ3) is 4.18. The van der Waals surface area contributed by atoms with Crippen molar-refractivity contribution in [3.05, 3.63) is 40.8 Å². The first kappa shape index (κ1) is 24.2. The van der Waals surface area contributed by atoms with Crippen molar-refractivity contribution in [3.63, 3.8) is 0 Å². The SMILES string of the molecule is CC(C)(C)[C@H](C(=O)N1CC[C@H](O)C1)C1OCCc2c1c(-c1cc(F)c(F)cc1F)nn2C(N)=O. The number of fused-ring (bicyclic) bond motifs is 1. The number of ether oxygens (including phenoxy) is 1. The molecule has 34 heavy (non-hydrogen) atoms. The maximum atomic E-state index is 14.8. The maximum absolute atomic E-state index is 14.8. The van der Waals surface area contributed by atoms with Gasteiger partial charge in [-0.1, -0.05) is 20.8 Å². The largest absolute Gasteiger partial charge is 0.391 e. The van der Waals surface area contributed by atoms with Gasteiger partial charge < -0.3 is 20.5 Å². The van der Waals surface area contributed by atoms with Crippen molar-refractivity contribution in [2.24, 2.45) is 17.1 Å². The average molecular weight is 480 g/mol. The Morgan fingerprint density at radius 2 is 1.88 bits per heavy atom. The number of hydrogen-bond acceptors (Lipinski definition) is 5. The van der Waals surface area contributed by atoms with Crippen molar-refractivity contribution in [2.75, 3.05) is 19.7 Å². The molecule has 2 amide bonds. The van der Waals surface area contributed by atoms with E-state index in [4.69, 9.17) is 10.5 Å². The maximum Gasteiger partial charge on any atom is 0.339 e. The summed E-state index contributed by atoms with van der Waals surface area (Å²) in [5.74, 6) is -4.82. The van der Waals surface area contributed by atoms with Crippen LogP contribution in [0.4, 0.5) is 18.0 Å². The Kier molecular flexibility index (Phi) is 6.19. The molecule has 1 unspecified atom stereocenters. The Morgan fingerprint density at radius 3 is 2.47 bits per heavy atom. The topological polar surface area (TPSA) is 111 Å². The van der Waals surface area contributed by atoms with Crippen LogP contribution in [0.2, 0.25) is 0 Å². The molecule has 4 rings (SSSR count). The van der Waals surface area contributed by atoms with Gasteiger partial charge in [0.05, 0.1) is 30.4 Å². The number of nitrogens with two attached hydrogens (primary N) is 1. The third-order valence-electron chi connectivity index (χ3n) is 6.39. The van der Waals surface area contributed by atoms with Crippen LogP contribution in [0.1, 0.15) is 44.6 Å². The normalized spacial score (nSPS) is 21.4. The molecule has 1 saturated heterocycles. The van der Waals surface area contributed by atoms with Gasteiger partial charge in [0.2, 0.25) is 5.91 Å². The van der Waals surface area contributed by atoms with Crippen molar-refractivity contribution < 1.29 is 32.6 Å². The summed E-state index contributed by atoms with van der Waals surface area (Å²) in [6.07, 6.45) is -0.952. The van der Waals surface area contributed by atoms with Crippen LogP contribution in [0.15, 0.2) is 12.1 Å². The lowest BCUT2D eigenvalue weighted by molar-refractivity contribution is -0.148. The van der Waals surface area contributed by atoms with Gasteiger partial charge in [-0.15, -0.1) is 0 Å². The predicted molar refractivity (Wildman–Crippen MR) is 115 cm³/mol. The molecule has 2 aromatic rings. The number of carbonyl (C=O) groups is 2. The number of aromatic nitrogens is 2. The monoisotopic (exact) mass is 480 g/mol. The molecule has 1 aromatic carbocycles. The molecule has 0 spiro atoms. The van der Waals surface area contributed by atoms with Crippen LogP contribution in [0, 0.1) is 28.8 Å². The van der Waals surface area contributed by atoms with Crippen molar-refractivity contribution in [1.82, 2.24) is 14.7 Å². The first-order chi connectivity index (χ1) is 15.9. The molecule has 11 heteroatoms. The van der Waals surface area contributed by atoms with Crippen LogP contribution in [-0.4, -0.2) is 57.5 Å². The molecular weight excluding hydrogens is 453 g/mol. The summed E-state index contributed by atoms with van der Waals surface area (Å²) >= 11 is 0. The van der Waals surface area contributed by atoms with Gasteiger partial charge in [0.15, 0.2) is 11.6 Å². The number of β-amino-alcohol motifs (C(OH)–C–C–N with tert-alkyl or cyclic N) is 1. The highest BCUT2D eigenvalue weighted by Crippen LogP contribution is 2.47. The van der Waals surface area contributed by atoms with E-state index in [9.17, 15) is 27.9 Å². The van der Waals surface area contributed by atoms with Crippen LogP contribution in [-0.2, 0) is 16.0 Å². The minimum absolute atomic E-state index is 0.138. The van der Waals surface area contributed by atoms with Gasteiger partial charge in [0.1, 0.15) is 11.5 Å². The first-order valence-electron chi connectivity index (χ1n) is 11.0. The van der Waals surface area contributed by atoms with E-state index in [0.29, 0.717) is 30.8 Å². The average Bonchev–Trinajstić information content (AvgIpc) is 3.34. The van der Waals surface area contributed by atoms with E-state index in [1.54, 1.807) is 4.90 Å². The molecule has 8 nitrogen and oxygen atoms in total. The number of aliphatic hydroxyl groups is 1. The van der Waals surface area contributed by atoms with Crippen molar-refractivity contribution in [2.45, 2.75) is 45.8 Å². The minimum atomic E-state index is -1.37. The summed E-state index contributed by atoms with van der Waals surface area (Å²) in [5, 5.41) is 14.1. The Labute approximate surface area is 194 Å². The second-order valence-electron chi connectivity index (χ2n) is 9.82. The molecule has 2 aliphatic heterocycles. The summed E-state index contributed by atoms with van der Waals surface area (Å²) < 4.78 is 49.4. The lowest BCUT2D eigenvalue weighted by Crippen LogP contribution is -2.45.